The summed E-state index contributed by atoms with van der Waals surface area (Å²) >= 11 is 1.51. The van der Waals surface area contributed by atoms with Crippen LogP contribution in [0.4, 0.5) is 5.69 Å². The van der Waals surface area contributed by atoms with Gasteiger partial charge in [-0.15, -0.1) is 11.3 Å². The van der Waals surface area contributed by atoms with E-state index in [9.17, 15) is 9.59 Å². The SMILES string of the molecule is COCCN(CC(=O)Nc1cccc(C)c1C)C(=O)/C=C/c1nc2ccccc2s1. The number of carbonyl (C=O) groups excluding carboxylic acids is 2. The van der Waals surface area contributed by atoms with Crippen LogP contribution in [-0.4, -0.2) is 48.5 Å². The lowest BCUT2D eigenvalue weighted by Gasteiger charge is -2.21. The third kappa shape index (κ3) is 5.52. The maximum atomic E-state index is 12.7. The fraction of sp³-hybridized carbons (Fsp3) is 0.261. The number of aryl methyl sites for hydroxylation is 1. The molecule has 0 aliphatic carbocycles. The molecule has 0 fully saturated rings. The second-order valence-electron chi connectivity index (χ2n) is 6.90. The average Bonchev–Trinajstić information content (AvgIpc) is 3.15. The van der Waals surface area contributed by atoms with Crippen molar-refractivity contribution in [3.05, 3.63) is 64.7 Å². The summed E-state index contributed by atoms with van der Waals surface area (Å²) in [5.74, 6) is -0.510. The Morgan fingerprint density at radius 3 is 2.73 bits per heavy atom. The second kappa shape index (κ2) is 10.1. The van der Waals surface area contributed by atoms with Crippen LogP contribution in [0.3, 0.4) is 0 Å². The first-order valence-corrected chi connectivity index (χ1v) is 10.5. The molecule has 2 amide bonds. The van der Waals surface area contributed by atoms with E-state index in [-0.39, 0.29) is 18.4 Å². The fourth-order valence-corrected chi connectivity index (χ4v) is 3.80. The minimum Gasteiger partial charge on any atom is -0.383 e. The van der Waals surface area contributed by atoms with Crippen LogP contribution < -0.4 is 5.32 Å². The normalized spacial score (nSPS) is 11.2. The molecule has 0 bridgehead atoms. The van der Waals surface area contributed by atoms with Crippen molar-refractivity contribution in [1.29, 1.82) is 0 Å². The van der Waals surface area contributed by atoms with E-state index in [1.54, 1.807) is 13.2 Å². The molecule has 0 aliphatic heterocycles. The van der Waals surface area contributed by atoms with Gasteiger partial charge >= 0.3 is 0 Å². The highest BCUT2D eigenvalue weighted by atomic mass is 32.1. The van der Waals surface area contributed by atoms with Crippen molar-refractivity contribution in [3.63, 3.8) is 0 Å². The summed E-state index contributed by atoms with van der Waals surface area (Å²) in [6.45, 7) is 4.56. The first-order valence-electron chi connectivity index (χ1n) is 9.65. The zero-order valence-corrected chi connectivity index (χ0v) is 18.2. The number of hydrogen-bond acceptors (Lipinski definition) is 5. The zero-order valence-electron chi connectivity index (χ0n) is 17.3. The number of anilines is 1. The van der Waals surface area contributed by atoms with E-state index in [4.69, 9.17) is 4.74 Å². The Morgan fingerprint density at radius 2 is 1.97 bits per heavy atom. The molecular weight excluding hydrogens is 398 g/mol. The molecule has 30 heavy (non-hydrogen) atoms. The number of methoxy groups -OCH3 is 1. The predicted molar refractivity (Wildman–Crippen MR) is 122 cm³/mol. The number of thiazole rings is 1. The van der Waals surface area contributed by atoms with Crippen molar-refractivity contribution in [3.8, 4) is 0 Å². The van der Waals surface area contributed by atoms with E-state index in [0.29, 0.717) is 13.2 Å². The smallest absolute Gasteiger partial charge is 0.247 e. The van der Waals surface area contributed by atoms with Crippen molar-refractivity contribution >= 4 is 45.1 Å². The van der Waals surface area contributed by atoms with Gasteiger partial charge in [-0.25, -0.2) is 4.98 Å². The molecule has 1 aromatic heterocycles. The van der Waals surface area contributed by atoms with E-state index in [0.717, 1.165) is 32.0 Å². The van der Waals surface area contributed by atoms with Crippen LogP contribution in [0, 0.1) is 13.8 Å². The Kier molecular flexibility index (Phi) is 7.32. The molecule has 1 N–H and O–H groups in total. The fourth-order valence-electron chi connectivity index (χ4n) is 2.93. The van der Waals surface area contributed by atoms with Crippen LogP contribution in [0.15, 0.2) is 48.5 Å². The molecule has 0 saturated carbocycles. The quantitative estimate of drug-likeness (QED) is 0.555. The number of fused-ring (bicyclic) bond motifs is 1. The molecule has 1 heterocycles. The molecule has 0 aliphatic rings. The maximum Gasteiger partial charge on any atom is 0.247 e. The summed E-state index contributed by atoms with van der Waals surface area (Å²) in [6, 6.07) is 13.6. The number of benzene rings is 2. The van der Waals surface area contributed by atoms with Crippen LogP contribution >= 0.6 is 11.3 Å². The first-order chi connectivity index (χ1) is 14.5. The van der Waals surface area contributed by atoms with Crippen molar-refractivity contribution in [1.82, 2.24) is 9.88 Å². The Labute approximate surface area is 180 Å². The number of amides is 2. The van der Waals surface area contributed by atoms with E-state index in [1.165, 1.54) is 22.3 Å². The van der Waals surface area contributed by atoms with Gasteiger partial charge in [-0.2, -0.15) is 0 Å². The molecule has 2 aromatic carbocycles. The van der Waals surface area contributed by atoms with Crippen molar-refractivity contribution in [2.75, 3.05) is 32.1 Å². The number of nitrogens with zero attached hydrogens (tertiary/aromatic N) is 2. The Hall–Kier alpha value is -3.03. The third-order valence-corrected chi connectivity index (χ3v) is 5.77. The number of hydrogen-bond donors (Lipinski definition) is 1. The van der Waals surface area contributed by atoms with Crippen LogP contribution in [0.1, 0.15) is 16.1 Å². The molecule has 0 spiro atoms. The molecular formula is C23H25N3O3S. The Balaban J connectivity index is 1.68. The lowest BCUT2D eigenvalue weighted by molar-refractivity contribution is -0.131. The van der Waals surface area contributed by atoms with Crippen LogP contribution in [0.2, 0.25) is 0 Å². The Bertz CT molecular complexity index is 1040. The van der Waals surface area contributed by atoms with Crippen LogP contribution in [0.25, 0.3) is 16.3 Å². The largest absolute Gasteiger partial charge is 0.383 e. The molecule has 3 rings (SSSR count). The Morgan fingerprint density at radius 1 is 1.17 bits per heavy atom. The monoisotopic (exact) mass is 423 g/mol. The summed E-state index contributed by atoms with van der Waals surface area (Å²) in [6.07, 6.45) is 3.15. The number of carbonyl (C=O) groups is 2. The summed E-state index contributed by atoms with van der Waals surface area (Å²) in [7, 11) is 1.57. The number of nitrogens with one attached hydrogen (secondary N) is 1. The third-order valence-electron chi connectivity index (χ3n) is 4.77. The highest BCUT2D eigenvalue weighted by Gasteiger charge is 2.16. The van der Waals surface area contributed by atoms with Gasteiger partial charge in [0.2, 0.25) is 11.8 Å². The van der Waals surface area contributed by atoms with Gasteiger partial charge in [0.05, 0.1) is 16.8 Å². The molecule has 0 atom stereocenters. The number of para-hydroxylation sites is 1. The van der Waals surface area contributed by atoms with Gasteiger partial charge < -0.3 is 15.0 Å². The van der Waals surface area contributed by atoms with Crippen molar-refractivity contribution in [2.45, 2.75) is 13.8 Å². The zero-order chi connectivity index (χ0) is 21.5. The van der Waals surface area contributed by atoms with Gasteiger partial charge in [0.15, 0.2) is 0 Å². The summed E-state index contributed by atoms with van der Waals surface area (Å²) < 4.78 is 6.16. The topological polar surface area (TPSA) is 71.5 Å². The van der Waals surface area contributed by atoms with Gasteiger partial charge in [0.1, 0.15) is 11.6 Å². The van der Waals surface area contributed by atoms with Gasteiger partial charge in [-0.1, -0.05) is 24.3 Å². The lowest BCUT2D eigenvalue weighted by atomic mass is 10.1. The molecule has 0 unspecified atom stereocenters. The second-order valence-corrected chi connectivity index (χ2v) is 7.96. The molecule has 156 valence electrons. The number of rotatable bonds is 8. The standard InChI is InChI=1S/C23H25N3O3S/c1-16-7-6-9-18(17(16)2)24-21(27)15-26(13-14-29-3)23(28)12-11-22-25-19-8-4-5-10-20(19)30-22/h4-12H,13-15H2,1-3H3,(H,24,27)/b12-11+. The van der Waals surface area contributed by atoms with E-state index in [2.05, 4.69) is 10.3 Å². The average molecular weight is 424 g/mol. The minimum atomic E-state index is -0.262. The number of aromatic nitrogens is 1. The number of ether oxygens (including phenoxy) is 1. The van der Waals surface area contributed by atoms with E-state index in [1.807, 2.05) is 56.3 Å². The first kappa shape index (κ1) is 21.7. The molecule has 0 saturated heterocycles. The molecule has 7 heteroatoms. The van der Waals surface area contributed by atoms with Gasteiger partial charge in [0.25, 0.3) is 0 Å². The summed E-state index contributed by atoms with van der Waals surface area (Å²) in [5.41, 5.74) is 3.76. The highest BCUT2D eigenvalue weighted by Crippen LogP contribution is 2.22. The summed E-state index contributed by atoms with van der Waals surface area (Å²) in [4.78, 5) is 31.3. The predicted octanol–water partition coefficient (Wildman–Crippen LogP) is 4.04. The molecule has 0 radical (unpaired) electrons. The van der Waals surface area contributed by atoms with E-state index < -0.39 is 0 Å². The van der Waals surface area contributed by atoms with E-state index >= 15 is 0 Å². The molecule has 6 nitrogen and oxygen atoms in total. The van der Waals surface area contributed by atoms with Gasteiger partial charge in [-0.05, 0) is 49.2 Å². The van der Waals surface area contributed by atoms with Gasteiger partial charge in [0, 0.05) is 25.4 Å². The lowest BCUT2D eigenvalue weighted by Crippen LogP contribution is -2.39. The summed E-state index contributed by atoms with van der Waals surface area (Å²) in [5, 5.41) is 3.64. The highest BCUT2D eigenvalue weighted by molar-refractivity contribution is 7.19. The van der Waals surface area contributed by atoms with Crippen LogP contribution in [0.5, 0.6) is 0 Å². The van der Waals surface area contributed by atoms with Crippen molar-refractivity contribution in [2.24, 2.45) is 0 Å². The van der Waals surface area contributed by atoms with Crippen molar-refractivity contribution < 1.29 is 14.3 Å². The van der Waals surface area contributed by atoms with Gasteiger partial charge in [-0.3, -0.25) is 9.59 Å². The molecule has 3 aromatic rings. The minimum absolute atomic E-state index is 0.0558. The maximum absolute atomic E-state index is 12.7. The van der Waals surface area contributed by atoms with Crippen LogP contribution in [-0.2, 0) is 14.3 Å².